The van der Waals surface area contributed by atoms with Crippen molar-refractivity contribution in [1.82, 2.24) is 14.9 Å². The SMILES string of the molecule is COc1ccccc1Cc1n[nH]c(=S)n1N. The van der Waals surface area contributed by atoms with E-state index in [2.05, 4.69) is 10.2 Å². The Morgan fingerprint density at radius 3 is 2.88 bits per heavy atom. The zero-order chi connectivity index (χ0) is 11.5. The lowest BCUT2D eigenvalue weighted by Gasteiger charge is -2.06. The van der Waals surface area contributed by atoms with Crippen molar-refractivity contribution in [3.8, 4) is 5.75 Å². The van der Waals surface area contributed by atoms with Gasteiger partial charge in [-0.2, -0.15) is 5.10 Å². The van der Waals surface area contributed by atoms with E-state index >= 15 is 0 Å². The van der Waals surface area contributed by atoms with E-state index < -0.39 is 0 Å². The van der Waals surface area contributed by atoms with E-state index in [1.54, 1.807) is 7.11 Å². The van der Waals surface area contributed by atoms with Crippen LogP contribution in [0.5, 0.6) is 5.75 Å². The van der Waals surface area contributed by atoms with Crippen molar-refractivity contribution in [3.63, 3.8) is 0 Å². The lowest BCUT2D eigenvalue weighted by molar-refractivity contribution is 0.410. The predicted octanol–water partition coefficient (Wildman–Crippen LogP) is 1.25. The molecule has 0 aliphatic carbocycles. The summed E-state index contributed by atoms with van der Waals surface area (Å²) in [6.45, 7) is 0. The average Bonchev–Trinajstić information content (AvgIpc) is 2.62. The average molecular weight is 236 g/mol. The van der Waals surface area contributed by atoms with Crippen LogP contribution in [0, 0.1) is 4.77 Å². The number of rotatable bonds is 3. The van der Waals surface area contributed by atoms with Crippen LogP contribution in [0.2, 0.25) is 0 Å². The first-order valence-corrected chi connectivity index (χ1v) is 5.16. The van der Waals surface area contributed by atoms with Crippen molar-refractivity contribution in [2.45, 2.75) is 6.42 Å². The summed E-state index contributed by atoms with van der Waals surface area (Å²) in [5, 5.41) is 6.70. The van der Waals surface area contributed by atoms with Crippen LogP contribution in [-0.4, -0.2) is 22.0 Å². The number of nitrogens with two attached hydrogens (primary N) is 1. The highest BCUT2D eigenvalue weighted by Gasteiger charge is 2.08. The zero-order valence-electron chi connectivity index (χ0n) is 8.80. The molecule has 1 aromatic heterocycles. The quantitative estimate of drug-likeness (QED) is 0.621. The molecule has 0 saturated carbocycles. The van der Waals surface area contributed by atoms with Gasteiger partial charge in [-0.3, -0.25) is 5.10 Å². The van der Waals surface area contributed by atoms with Crippen LogP contribution in [0.1, 0.15) is 11.4 Å². The minimum atomic E-state index is 0.407. The Labute approximate surface area is 97.8 Å². The standard InChI is InChI=1S/C10H12N4OS/c1-15-8-5-3-2-4-7(8)6-9-12-13-10(16)14(9)11/h2-5H,6,11H2,1H3,(H,13,16). The number of aromatic amines is 1. The van der Waals surface area contributed by atoms with Gasteiger partial charge in [-0.1, -0.05) is 18.2 Å². The van der Waals surface area contributed by atoms with E-state index in [4.69, 9.17) is 22.8 Å². The summed E-state index contributed by atoms with van der Waals surface area (Å²) in [6, 6.07) is 7.73. The molecule has 0 amide bonds. The summed E-state index contributed by atoms with van der Waals surface area (Å²) in [5.41, 5.74) is 1.02. The Morgan fingerprint density at radius 2 is 2.25 bits per heavy atom. The molecule has 0 unspecified atom stereocenters. The van der Waals surface area contributed by atoms with Crippen molar-refractivity contribution in [2.24, 2.45) is 0 Å². The van der Waals surface area contributed by atoms with Gasteiger partial charge in [0.1, 0.15) is 5.75 Å². The number of hydrogen-bond acceptors (Lipinski definition) is 4. The van der Waals surface area contributed by atoms with Gasteiger partial charge in [-0.25, -0.2) is 4.68 Å². The van der Waals surface area contributed by atoms with Crippen molar-refractivity contribution in [1.29, 1.82) is 0 Å². The smallest absolute Gasteiger partial charge is 0.214 e. The highest BCUT2D eigenvalue weighted by Crippen LogP contribution is 2.19. The molecule has 84 valence electrons. The van der Waals surface area contributed by atoms with E-state index in [1.807, 2.05) is 24.3 Å². The van der Waals surface area contributed by atoms with Gasteiger partial charge in [0.15, 0.2) is 5.82 Å². The second kappa shape index (κ2) is 4.36. The molecule has 16 heavy (non-hydrogen) atoms. The van der Waals surface area contributed by atoms with Gasteiger partial charge in [-0.15, -0.1) is 0 Å². The van der Waals surface area contributed by atoms with Crippen LogP contribution in [0.25, 0.3) is 0 Å². The van der Waals surface area contributed by atoms with Crippen LogP contribution in [0.15, 0.2) is 24.3 Å². The molecule has 5 nitrogen and oxygen atoms in total. The summed E-state index contributed by atoms with van der Waals surface area (Å²) in [5.74, 6) is 7.21. The molecule has 2 rings (SSSR count). The van der Waals surface area contributed by atoms with E-state index in [0.29, 0.717) is 17.0 Å². The molecule has 0 spiro atoms. The highest BCUT2D eigenvalue weighted by atomic mass is 32.1. The monoisotopic (exact) mass is 236 g/mol. The molecule has 0 saturated heterocycles. The second-order valence-corrected chi connectivity index (χ2v) is 3.69. The lowest BCUT2D eigenvalue weighted by Crippen LogP contribution is -2.13. The summed E-state index contributed by atoms with van der Waals surface area (Å²) < 4.78 is 7.02. The normalized spacial score (nSPS) is 10.3. The third kappa shape index (κ3) is 1.92. The molecule has 0 atom stereocenters. The first-order valence-electron chi connectivity index (χ1n) is 4.75. The van der Waals surface area contributed by atoms with Crippen molar-refractivity contribution in [3.05, 3.63) is 40.4 Å². The minimum absolute atomic E-state index is 0.407. The maximum absolute atomic E-state index is 5.72. The third-order valence-corrected chi connectivity index (χ3v) is 2.61. The number of H-pyrrole nitrogens is 1. The summed E-state index contributed by atoms with van der Waals surface area (Å²) in [6.07, 6.45) is 0.577. The Bertz CT molecular complexity index is 546. The molecule has 0 fully saturated rings. The number of para-hydroxylation sites is 1. The topological polar surface area (TPSA) is 68.9 Å². The number of hydrogen-bond donors (Lipinski definition) is 2. The fourth-order valence-corrected chi connectivity index (χ4v) is 1.63. The molecule has 0 aliphatic heterocycles. The number of ether oxygens (including phenoxy) is 1. The van der Waals surface area contributed by atoms with Crippen molar-refractivity contribution < 1.29 is 4.74 Å². The molecular formula is C10H12N4OS. The number of aromatic nitrogens is 3. The number of nitrogens with zero attached hydrogens (tertiary/aromatic N) is 2. The molecular weight excluding hydrogens is 224 g/mol. The van der Waals surface area contributed by atoms with Crippen LogP contribution < -0.4 is 10.6 Å². The predicted molar refractivity (Wildman–Crippen MR) is 63.4 cm³/mol. The number of benzene rings is 1. The molecule has 6 heteroatoms. The molecule has 1 heterocycles. The van der Waals surface area contributed by atoms with Gasteiger partial charge in [0.2, 0.25) is 4.77 Å². The van der Waals surface area contributed by atoms with Gasteiger partial charge in [0.05, 0.1) is 7.11 Å². The Balaban J connectivity index is 2.34. The van der Waals surface area contributed by atoms with Gasteiger partial charge in [0.25, 0.3) is 0 Å². The van der Waals surface area contributed by atoms with Crippen LogP contribution in [0.4, 0.5) is 0 Å². The maximum Gasteiger partial charge on any atom is 0.214 e. The van der Waals surface area contributed by atoms with Crippen LogP contribution in [-0.2, 0) is 6.42 Å². The molecule has 0 bridgehead atoms. The fraction of sp³-hybridized carbons (Fsp3) is 0.200. The van der Waals surface area contributed by atoms with Gasteiger partial charge < -0.3 is 10.6 Å². The van der Waals surface area contributed by atoms with Gasteiger partial charge >= 0.3 is 0 Å². The maximum atomic E-state index is 5.72. The van der Waals surface area contributed by atoms with E-state index in [0.717, 1.165) is 11.3 Å². The van der Waals surface area contributed by atoms with Gasteiger partial charge in [0, 0.05) is 12.0 Å². The van der Waals surface area contributed by atoms with E-state index in [9.17, 15) is 0 Å². The summed E-state index contributed by atoms with van der Waals surface area (Å²) in [4.78, 5) is 0. The largest absolute Gasteiger partial charge is 0.496 e. The second-order valence-electron chi connectivity index (χ2n) is 3.30. The van der Waals surface area contributed by atoms with E-state index in [-0.39, 0.29) is 0 Å². The molecule has 2 aromatic rings. The Kier molecular flexibility index (Phi) is 2.91. The highest BCUT2D eigenvalue weighted by molar-refractivity contribution is 7.71. The zero-order valence-corrected chi connectivity index (χ0v) is 9.62. The number of methoxy groups -OCH3 is 1. The van der Waals surface area contributed by atoms with Crippen molar-refractivity contribution in [2.75, 3.05) is 13.0 Å². The van der Waals surface area contributed by atoms with Crippen LogP contribution in [0.3, 0.4) is 0 Å². The molecule has 0 radical (unpaired) electrons. The molecule has 3 N–H and O–H groups in total. The number of nitrogen functional groups attached to an aromatic ring is 1. The lowest BCUT2D eigenvalue weighted by atomic mass is 10.1. The van der Waals surface area contributed by atoms with Crippen LogP contribution >= 0.6 is 12.2 Å². The minimum Gasteiger partial charge on any atom is -0.496 e. The fourth-order valence-electron chi connectivity index (χ4n) is 1.48. The first kappa shape index (κ1) is 10.7. The summed E-state index contributed by atoms with van der Waals surface area (Å²) in [7, 11) is 1.64. The third-order valence-electron chi connectivity index (χ3n) is 2.32. The molecule has 0 aliphatic rings. The Hall–Kier alpha value is -1.82. The van der Waals surface area contributed by atoms with Gasteiger partial charge in [-0.05, 0) is 18.3 Å². The van der Waals surface area contributed by atoms with E-state index in [1.165, 1.54) is 4.68 Å². The first-order chi connectivity index (χ1) is 7.72. The number of nitrogens with one attached hydrogen (secondary N) is 1. The summed E-state index contributed by atoms with van der Waals surface area (Å²) >= 11 is 4.94. The molecule has 1 aromatic carbocycles. The van der Waals surface area contributed by atoms with Crippen molar-refractivity contribution >= 4 is 12.2 Å². The Morgan fingerprint density at radius 1 is 1.50 bits per heavy atom.